The summed E-state index contributed by atoms with van der Waals surface area (Å²) in [6.45, 7) is 1.80. The fourth-order valence-electron chi connectivity index (χ4n) is 2.43. The number of halogens is 1. The second-order valence-electron chi connectivity index (χ2n) is 5.43. The van der Waals surface area contributed by atoms with Gasteiger partial charge in [-0.2, -0.15) is 5.10 Å². The van der Waals surface area contributed by atoms with E-state index in [4.69, 9.17) is 0 Å². The van der Waals surface area contributed by atoms with Crippen LogP contribution < -0.4 is 0 Å². The third kappa shape index (κ3) is 3.84. The largest absolute Gasteiger partial charge is 0.298 e. The lowest BCUT2D eigenvalue weighted by Crippen LogP contribution is -2.16. The number of rotatable bonds is 5. The van der Waals surface area contributed by atoms with Crippen molar-refractivity contribution >= 4 is 15.9 Å². The summed E-state index contributed by atoms with van der Waals surface area (Å²) in [5.74, 6) is 0. The van der Waals surface area contributed by atoms with Gasteiger partial charge in [0.05, 0.1) is 11.9 Å². The molecular formula is C18H18BrN3. The van der Waals surface area contributed by atoms with Crippen LogP contribution in [-0.4, -0.2) is 21.7 Å². The minimum Gasteiger partial charge on any atom is -0.298 e. The summed E-state index contributed by atoms with van der Waals surface area (Å²) in [6, 6.07) is 18.6. The Hall–Kier alpha value is -1.91. The highest BCUT2D eigenvalue weighted by atomic mass is 79.9. The lowest BCUT2D eigenvalue weighted by Gasteiger charge is -2.15. The molecule has 0 amide bonds. The van der Waals surface area contributed by atoms with E-state index in [9.17, 15) is 0 Å². The van der Waals surface area contributed by atoms with E-state index in [1.807, 2.05) is 29.1 Å². The molecule has 0 radical (unpaired) electrons. The molecule has 0 saturated carbocycles. The topological polar surface area (TPSA) is 21.1 Å². The van der Waals surface area contributed by atoms with E-state index in [0.29, 0.717) is 0 Å². The SMILES string of the molecule is CN(Cc1ccc(Br)cc1)Cc1cnn(-c2ccccc2)c1. The molecule has 0 atom stereocenters. The summed E-state index contributed by atoms with van der Waals surface area (Å²) in [7, 11) is 2.13. The Bertz CT molecular complexity index is 720. The second-order valence-corrected chi connectivity index (χ2v) is 6.34. The zero-order chi connectivity index (χ0) is 15.4. The Morgan fingerprint density at radius 3 is 2.36 bits per heavy atom. The lowest BCUT2D eigenvalue weighted by molar-refractivity contribution is 0.319. The van der Waals surface area contributed by atoms with Gasteiger partial charge >= 0.3 is 0 Å². The van der Waals surface area contributed by atoms with Gasteiger partial charge in [-0.3, -0.25) is 4.90 Å². The van der Waals surface area contributed by atoms with E-state index < -0.39 is 0 Å². The summed E-state index contributed by atoms with van der Waals surface area (Å²) >= 11 is 3.47. The van der Waals surface area contributed by atoms with Gasteiger partial charge < -0.3 is 0 Å². The zero-order valence-electron chi connectivity index (χ0n) is 12.5. The highest BCUT2D eigenvalue weighted by Gasteiger charge is 2.05. The summed E-state index contributed by atoms with van der Waals surface area (Å²) in [4.78, 5) is 2.29. The molecule has 0 unspecified atom stereocenters. The van der Waals surface area contributed by atoms with Crippen molar-refractivity contribution in [1.82, 2.24) is 14.7 Å². The Kier molecular flexibility index (Phi) is 4.71. The smallest absolute Gasteiger partial charge is 0.0645 e. The molecule has 0 spiro atoms. The third-order valence-electron chi connectivity index (χ3n) is 3.48. The van der Waals surface area contributed by atoms with E-state index in [0.717, 1.165) is 23.2 Å². The number of nitrogens with zero attached hydrogens (tertiary/aromatic N) is 3. The summed E-state index contributed by atoms with van der Waals surface area (Å²) in [5.41, 5.74) is 3.61. The van der Waals surface area contributed by atoms with Gasteiger partial charge in [-0.05, 0) is 36.9 Å². The predicted molar refractivity (Wildman–Crippen MR) is 92.9 cm³/mol. The molecule has 0 N–H and O–H groups in total. The Morgan fingerprint density at radius 2 is 1.64 bits per heavy atom. The van der Waals surface area contributed by atoms with Crippen LogP contribution in [0.4, 0.5) is 0 Å². The van der Waals surface area contributed by atoms with Crippen molar-refractivity contribution in [3.05, 3.63) is 82.6 Å². The molecule has 112 valence electrons. The van der Waals surface area contributed by atoms with Gasteiger partial charge in [0.25, 0.3) is 0 Å². The van der Waals surface area contributed by atoms with E-state index in [1.165, 1.54) is 11.1 Å². The van der Waals surface area contributed by atoms with Crippen LogP contribution in [0.15, 0.2) is 71.5 Å². The van der Waals surface area contributed by atoms with Crippen molar-refractivity contribution in [3.8, 4) is 5.69 Å². The molecule has 0 saturated heterocycles. The molecule has 0 aliphatic heterocycles. The van der Waals surface area contributed by atoms with Crippen molar-refractivity contribution in [2.24, 2.45) is 0 Å². The molecule has 1 heterocycles. The first-order chi connectivity index (χ1) is 10.7. The van der Waals surface area contributed by atoms with Crippen LogP contribution in [0.1, 0.15) is 11.1 Å². The lowest BCUT2D eigenvalue weighted by atomic mass is 10.2. The molecule has 0 bridgehead atoms. The fourth-order valence-corrected chi connectivity index (χ4v) is 2.70. The van der Waals surface area contributed by atoms with Crippen LogP contribution in [0.5, 0.6) is 0 Å². The summed E-state index contributed by atoms with van der Waals surface area (Å²) < 4.78 is 3.03. The fraction of sp³-hybridized carbons (Fsp3) is 0.167. The van der Waals surface area contributed by atoms with Crippen LogP contribution >= 0.6 is 15.9 Å². The third-order valence-corrected chi connectivity index (χ3v) is 4.00. The molecule has 0 fully saturated rings. The first-order valence-corrected chi connectivity index (χ1v) is 8.02. The molecule has 22 heavy (non-hydrogen) atoms. The van der Waals surface area contributed by atoms with Gasteiger partial charge in [0.1, 0.15) is 0 Å². The van der Waals surface area contributed by atoms with Gasteiger partial charge in [0, 0.05) is 29.3 Å². The molecule has 0 aliphatic carbocycles. The normalized spacial score (nSPS) is 11.0. The molecule has 3 nitrogen and oxygen atoms in total. The van der Waals surface area contributed by atoms with Gasteiger partial charge in [-0.25, -0.2) is 4.68 Å². The summed E-state index contributed by atoms with van der Waals surface area (Å²) in [5, 5.41) is 4.44. The van der Waals surface area contributed by atoms with Crippen LogP contribution in [0, 0.1) is 0 Å². The quantitative estimate of drug-likeness (QED) is 0.681. The van der Waals surface area contributed by atoms with Crippen molar-refractivity contribution < 1.29 is 0 Å². The Balaban J connectivity index is 1.63. The van der Waals surface area contributed by atoms with E-state index in [1.54, 1.807) is 0 Å². The average Bonchev–Trinajstić information content (AvgIpc) is 2.99. The standard InChI is InChI=1S/C18H18BrN3/c1-21(12-15-7-9-17(19)10-8-15)13-16-11-20-22(14-16)18-5-3-2-4-6-18/h2-11,14H,12-13H2,1H3. The summed E-state index contributed by atoms with van der Waals surface area (Å²) in [6.07, 6.45) is 4.03. The molecule has 1 aromatic heterocycles. The van der Waals surface area contributed by atoms with Gasteiger partial charge in [-0.1, -0.05) is 46.3 Å². The van der Waals surface area contributed by atoms with Crippen molar-refractivity contribution in [3.63, 3.8) is 0 Å². The van der Waals surface area contributed by atoms with Gasteiger partial charge in [0.15, 0.2) is 0 Å². The maximum atomic E-state index is 4.44. The van der Waals surface area contributed by atoms with E-state index >= 15 is 0 Å². The van der Waals surface area contributed by atoms with Crippen molar-refractivity contribution in [2.75, 3.05) is 7.05 Å². The van der Waals surface area contributed by atoms with Crippen molar-refractivity contribution in [2.45, 2.75) is 13.1 Å². The average molecular weight is 356 g/mol. The van der Waals surface area contributed by atoms with Crippen LogP contribution in [0.3, 0.4) is 0 Å². The second kappa shape index (κ2) is 6.90. The highest BCUT2D eigenvalue weighted by molar-refractivity contribution is 9.10. The number of hydrogen-bond acceptors (Lipinski definition) is 2. The van der Waals surface area contributed by atoms with Crippen LogP contribution in [0.25, 0.3) is 5.69 Å². The molecular weight excluding hydrogens is 338 g/mol. The van der Waals surface area contributed by atoms with Crippen LogP contribution in [-0.2, 0) is 13.1 Å². The van der Waals surface area contributed by atoms with E-state index in [-0.39, 0.29) is 0 Å². The molecule has 3 aromatic rings. The minimum atomic E-state index is 0.878. The predicted octanol–water partition coefficient (Wildman–Crippen LogP) is 4.27. The molecule has 3 rings (SSSR count). The Morgan fingerprint density at radius 1 is 0.955 bits per heavy atom. The maximum absolute atomic E-state index is 4.44. The number of hydrogen-bond donors (Lipinski definition) is 0. The molecule has 0 aliphatic rings. The number of aromatic nitrogens is 2. The zero-order valence-corrected chi connectivity index (χ0v) is 14.1. The first kappa shape index (κ1) is 15.0. The van der Waals surface area contributed by atoms with Gasteiger partial charge in [-0.15, -0.1) is 0 Å². The first-order valence-electron chi connectivity index (χ1n) is 7.23. The Labute approximate surface area is 139 Å². The maximum Gasteiger partial charge on any atom is 0.0645 e. The highest BCUT2D eigenvalue weighted by Crippen LogP contribution is 2.14. The minimum absolute atomic E-state index is 0.878. The molecule has 2 aromatic carbocycles. The number of para-hydroxylation sites is 1. The molecule has 4 heteroatoms. The number of benzene rings is 2. The van der Waals surface area contributed by atoms with Crippen molar-refractivity contribution in [1.29, 1.82) is 0 Å². The van der Waals surface area contributed by atoms with E-state index in [2.05, 4.69) is 75.6 Å². The monoisotopic (exact) mass is 355 g/mol. The van der Waals surface area contributed by atoms with Gasteiger partial charge in [0.2, 0.25) is 0 Å². The van der Waals surface area contributed by atoms with Crippen LogP contribution in [0.2, 0.25) is 0 Å².